The summed E-state index contributed by atoms with van der Waals surface area (Å²) in [6, 6.07) is 0. The zero-order valence-electron chi connectivity index (χ0n) is 6.19. The normalized spacial score (nSPS) is 13.4. The summed E-state index contributed by atoms with van der Waals surface area (Å²) < 4.78 is 4.66. The van der Waals surface area contributed by atoms with Gasteiger partial charge in [0.2, 0.25) is 0 Å². The van der Waals surface area contributed by atoms with Gasteiger partial charge in [0.05, 0.1) is 6.61 Å². The van der Waals surface area contributed by atoms with E-state index in [1.807, 2.05) is 0 Å². The molecule has 0 aliphatic carbocycles. The summed E-state index contributed by atoms with van der Waals surface area (Å²) in [5.41, 5.74) is 0. The predicted molar refractivity (Wildman–Crippen MR) is 35.7 cm³/mol. The van der Waals surface area contributed by atoms with E-state index in [-0.39, 0.29) is 12.5 Å². The first-order valence-electron chi connectivity index (χ1n) is 3.35. The van der Waals surface area contributed by atoms with E-state index >= 15 is 0 Å². The molecule has 1 aromatic rings. The van der Waals surface area contributed by atoms with E-state index in [9.17, 15) is 0 Å². The minimum Gasteiger partial charge on any atom is -0.396 e. The zero-order chi connectivity index (χ0) is 8.27. The standard InChI is InChI=1S/C6H10N2O3/c1-4(10)6-7-5(2-3-9)8-11-6/h4,9-10H,2-3H2,1H3/t4-/m0/s1. The van der Waals surface area contributed by atoms with Crippen LogP contribution in [0.15, 0.2) is 4.52 Å². The van der Waals surface area contributed by atoms with Gasteiger partial charge in [-0.25, -0.2) is 0 Å². The summed E-state index contributed by atoms with van der Waals surface area (Å²) in [6.45, 7) is 1.52. The average molecular weight is 158 g/mol. The Hall–Kier alpha value is -0.940. The van der Waals surface area contributed by atoms with Crippen molar-refractivity contribution in [2.75, 3.05) is 6.61 Å². The first-order chi connectivity index (χ1) is 5.24. The number of aliphatic hydroxyl groups is 2. The fraction of sp³-hybridized carbons (Fsp3) is 0.667. The summed E-state index contributed by atoms with van der Waals surface area (Å²) in [4.78, 5) is 3.81. The summed E-state index contributed by atoms with van der Waals surface area (Å²) in [7, 11) is 0. The minimum absolute atomic E-state index is 0.0151. The lowest BCUT2D eigenvalue weighted by molar-refractivity contribution is 0.151. The molecule has 5 heteroatoms. The third-order valence-electron chi connectivity index (χ3n) is 1.18. The molecular formula is C6H10N2O3. The van der Waals surface area contributed by atoms with Gasteiger partial charge in [-0.3, -0.25) is 0 Å². The van der Waals surface area contributed by atoms with Crippen molar-refractivity contribution in [3.8, 4) is 0 Å². The molecule has 1 aromatic heterocycles. The number of aliphatic hydroxyl groups excluding tert-OH is 2. The van der Waals surface area contributed by atoms with Gasteiger partial charge in [0.1, 0.15) is 6.10 Å². The number of rotatable bonds is 3. The number of hydrogen-bond donors (Lipinski definition) is 2. The third kappa shape index (κ3) is 1.99. The highest BCUT2D eigenvalue weighted by Crippen LogP contribution is 2.07. The molecule has 0 bridgehead atoms. The molecule has 0 unspecified atom stereocenters. The third-order valence-corrected chi connectivity index (χ3v) is 1.18. The van der Waals surface area contributed by atoms with Crippen molar-refractivity contribution in [1.82, 2.24) is 10.1 Å². The van der Waals surface area contributed by atoms with Crippen LogP contribution in [0.1, 0.15) is 24.7 Å². The quantitative estimate of drug-likeness (QED) is 0.629. The van der Waals surface area contributed by atoms with Crippen LogP contribution >= 0.6 is 0 Å². The van der Waals surface area contributed by atoms with Gasteiger partial charge >= 0.3 is 0 Å². The van der Waals surface area contributed by atoms with Crippen LogP contribution in [-0.4, -0.2) is 27.0 Å². The summed E-state index contributed by atoms with van der Waals surface area (Å²) in [5, 5.41) is 21.0. The van der Waals surface area contributed by atoms with Gasteiger partial charge < -0.3 is 14.7 Å². The van der Waals surface area contributed by atoms with E-state index in [0.717, 1.165) is 0 Å². The lowest BCUT2D eigenvalue weighted by atomic mass is 10.4. The lowest BCUT2D eigenvalue weighted by Gasteiger charge is -1.91. The maximum Gasteiger partial charge on any atom is 0.255 e. The number of hydrogen-bond acceptors (Lipinski definition) is 5. The highest BCUT2D eigenvalue weighted by atomic mass is 16.5. The molecule has 0 radical (unpaired) electrons. The van der Waals surface area contributed by atoms with Crippen LogP contribution in [0.2, 0.25) is 0 Å². The molecule has 0 aliphatic heterocycles. The van der Waals surface area contributed by atoms with Crippen molar-refractivity contribution in [3.05, 3.63) is 11.7 Å². The SMILES string of the molecule is C[C@H](O)c1nc(CCO)no1. The molecule has 62 valence electrons. The van der Waals surface area contributed by atoms with Crippen LogP contribution in [0.3, 0.4) is 0 Å². The van der Waals surface area contributed by atoms with E-state index < -0.39 is 6.10 Å². The van der Waals surface area contributed by atoms with Crippen molar-refractivity contribution in [2.45, 2.75) is 19.4 Å². The van der Waals surface area contributed by atoms with Crippen molar-refractivity contribution in [3.63, 3.8) is 0 Å². The van der Waals surface area contributed by atoms with E-state index in [1.54, 1.807) is 0 Å². The summed E-state index contributed by atoms with van der Waals surface area (Å²) in [6.07, 6.45) is -0.383. The Morgan fingerprint density at radius 2 is 2.36 bits per heavy atom. The van der Waals surface area contributed by atoms with E-state index in [2.05, 4.69) is 14.7 Å². The smallest absolute Gasteiger partial charge is 0.255 e. The van der Waals surface area contributed by atoms with Crippen molar-refractivity contribution < 1.29 is 14.7 Å². The molecule has 1 heterocycles. The highest BCUT2D eigenvalue weighted by molar-refractivity contribution is 4.88. The van der Waals surface area contributed by atoms with Gasteiger partial charge in [-0.05, 0) is 6.92 Å². The first-order valence-corrected chi connectivity index (χ1v) is 3.35. The van der Waals surface area contributed by atoms with Gasteiger partial charge in [-0.15, -0.1) is 0 Å². The second kappa shape index (κ2) is 3.45. The number of nitrogens with zero attached hydrogens (tertiary/aromatic N) is 2. The Bertz CT molecular complexity index is 221. The summed E-state index contributed by atoms with van der Waals surface area (Å²) >= 11 is 0. The maximum absolute atomic E-state index is 8.95. The molecule has 0 saturated heterocycles. The molecule has 0 aromatic carbocycles. The van der Waals surface area contributed by atoms with Crippen LogP contribution in [0.5, 0.6) is 0 Å². The van der Waals surface area contributed by atoms with Gasteiger partial charge in [0.15, 0.2) is 5.82 Å². The lowest BCUT2D eigenvalue weighted by Crippen LogP contribution is -1.94. The molecule has 0 aliphatic rings. The van der Waals surface area contributed by atoms with Gasteiger partial charge in [-0.2, -0.15) is 4.98 Å². The van der Waals surface area contributed by atoms with Crippen molar-refractivity contribution in [2.24, 2.45) is 0 Å². The molecule has 0 amide bonds. The minimum atomic E-state index is -0.741. The van der Waals surface area contributed by atoms with Gasteiger partial charge in [0.25, 0.3) is 5.89 Å². The molecule has 0 fully saturated rings. The van der Waals surface area contributed by atoms with Crippen LogP contribution < -0.4 is 0 Å². The number of aromatic nitrogens is 2. The summed E-state index contributed by atoms with van der Waals surface area (Å²) in [5.74, 6) is 0.608. The van der Waals surface area contributed by atoms with Crippen LogP contribution in [0.4, 0.5) is 0 Å². The maximum atomic E-state index is 8.95. The molecule has 1 rings (SSSR count). The van der Waals surface area contributed by atoms with E-state index in [4.69, 9.17) is 10.2 Å². The topological polar surface area (TPSA) is 79.4 Å². The Morgan fingerprint density at radius 1 is 1.64 bits per heavy atom. The Labute approximate surface area is 63.7 Å². The molecular weight excluding hydrogens is 148 g/mol. The molecule has 2 N–H and O–H groups in total. The molecule has 11 heavy (non-hydrogen) atoms. The molecule has 5 nitrogen and oxygen atoms in total. The van der Waals surface area contributed by atoms with Crippen LogP contribution in [-0.2, 0) is 6.42 Å². The Balaban J connectivity index is 2.66. The molecule has 1 atom stereocenters. The first kappa shape index (κ1) is 8.16. The predicted octanol–water partition coefficient (Wildman–Crippen LogP) is -0.342. The zero-order valence-corrected chi connectivity index (χ0v) is 6.19. The Kier molecular flexibility index (Phi) is 2.56. The Morgan fingerprint density at radius 3 is 2.82 bits per heavy atom. The fourth-order valence-corrected chi connectivity index (χ4v) is 0.639. The van der Waals surface area contributed by atoms with Gasteiger partial charge in [0, 0.05) is 6.42 Å². The average Bonchev–Trinajstić information content (AvgIpc) is 2.37. The van der Waals surface area contributed by atoms with Gasteiger partial charge in [-0.1, -0.05) is 5.16 Å². The monoisotopic (exact) mass is 158 g/mol. The van der Waals surface area contributed by atoms with Crippen LogP contribution in [0, 0.1) is 0 Å². The second-order valence-electron chi connectivity index (χ2n) is 2.20. The molecule has 0 spiro atoms. The molecule has 0 saturated carbocycles. The van der Waals surface area contributed by atoms with Crippen molar-refractivity contribution in [1.29, 1.82) is 0 Å². The van der Waals surface area contributed by atoms with Crippen LogP contribution in [0.25, 0.3) is 0 Å². The van der Waals surface area contributed by atoms with Crippen molar-refractivity contribution >= 4 is 0 Å². The second-order valence-corrected chi connectivity index (χ2v) is 2.20. The highest BCUT2D eigenvalue weighted by Gasteiger charge is 2.09. The van der Waals surface area contributed by atoms with E-state index in [0.29, 0.717) is 12.2 Å². The fourth-order valence-electron chi connectivity index (χ4n) is 0.639. The largest absolute Gasteiger partial charge is 0.396 e. The van der Waals surface area contributed by atoms with E-state index in [1.165, 1.54) is 6.92 Å².